The summed E-state index contributed by atoms with van der Waals surface area (Å²) in [7, 11) is 2.37. The average molecular weight is 98.2 g/mol. The fourth-order valence-corrected chi connectivity index (χ4v) is 1.76. The summed E-state index contributed by atoms with van der Waals surface area (Å²) in [6, 6.07) is 1.10. The van der Waals surface area contributed by atoms with E-state index in [0.29, 0.717) is 0 Å². The van der Waals surface area contributed by atoms with Gasteiger partial charge in [-0.05, 0) is 0 Å². The van der Waals surface area contributed by atoms with E-state index < -0.39 is 0 Å². The number of fused-ring (bicyclic) bond motifs is 1. The molecule has 0 N–H and O–H groups in total. The molecular weight excluding hydrogens is 86.1 g/mol. The van der Waals surface area contributed by atoms with Crippen molar-refractivity contribution in [3.8, 4) is 0 Å². The molecule has 7 heavy (non-hydrogen) atoms. The minimum Gasteiger partial charge on any atom is -0.323 e. The third-order valence-corrected chi connectivity index (χ3v) is 2.83. The third-order valence-electron chi connectivity index (χ3n) is 2.83. The van der Waals surface area contributed by atoms with Crippen molar-refractivity contribution in [2.45, 2.75) is 18.9 Å². The van der Waals surface area contributed by atoms with Gasteiger partial charge < -0.3 is 4.48 Å². The van der Waals surface area contributed by atoms with Gasteiger partial charge in [0.2, 0.25) is 0 Å². The van der Waals surface area contributed by atoms with Gasteiger partial charge in [-0.1, -0.05) is 0 Å². The lowest BCUT2D eigenvalue weighted by Crippen LogP contribution is -2.71. The Bertz CT molecular complexity index is 90.4. The van der Waals surface area contributed by atoms with Gasteiger partial charge in [0.15, 0.2) is 0 Å². The third kappa shape index (κ3) is 0.290. The Morgan fingerprint density at radius 3 is 1.71 bits per heavy atom. The largest absolute Gasteiger partial charge is 0.323 e. The molecule has 40 valence electrons. The molecule has 0 aromatic heterocycles. The molecule has 0 atom stereocenters. The molecule has 1 heteroatoms. The zero-order valence-corrected chi connectivity index (χ0v) is 4.85. The molecule has 2 fully saturated rings. The number of nitrogens with zero attached hydrogens (tertiary/aromatic N) is 1. The van der Waals surface area contributed by atoms with Crippen molar-refractivity contribution in [2.75, 3.05) is 20.1 Å². The van der Waals surface area contributed by atoms with E-state index in [0.717, 1.165) is 6.04 Å². The Hall–Kier alpha value is -0.0400. The molecule has 0 amide bonds. The van der Waals surface area contributed by atoms with E-state index in [1.54, 1.807) is 0 Å². The highest BCUT2D eigenvalue weighted by molar-refractivity contribution is 4.77. The standard InChI is InChI=1S/C6H12N/c1-7-4-2-6(7)3-5-7/h6H,2-5H2,1H3/q+1. The SMILES string of the molecule is C[N+]12CCC1CC2. The Kier molecular flexibility index (Phi) is 0.487. The van der Waals surface area contributed by atoms with Crippen molar-refractivity contribution in [2.24, 2.45) is 0 Å². The number of hydrogen-bond acceptors (Lipinski definition) is 0. The van der Waals surface area contributed by atoms with Crippen molar-refractivity contribution in [3.63, 3.8) is 0 Å². The molecule has 0 aromatic carbocycles. The fourth-order valence-electron chi connectivity index (χ4n) is 1.76. The summed E-state index contributed by atoms with van der Waals surface area (Å²) in [6.45, 7) is 2.93. The molecule has 0 unspecified atom stereocenters. The lowest BCUT2D eigenvalue weighted by molar-refractivity contribution is -1.01. The lowest BCUT2D eigenvalue weighted by atomic mass is 9.86. The zero-order valence-electron chi connectivity index (χ0n) is 4.85. The van der Waals surface area contributed by atoms with Crippen LogP contribution in [0.2, 0.25) is 0 Å². The van der Waals surface area contributed by atoms with Gasteiger partial charge in [0.25, 0.3) is 0 Å². The summed E-state index contributed by atoms with van der Waals surface area (Å²) >= 11 is 0. The van der Waals surface area contributed by atoms with Gasteiger partial charge in [-0.2, -0.15) is 0 Å². The van der Waals surface area contributed by atoms with Crippen LogP contribution in [0.4, 0.5) is 0 Å². The van der Waals surface area contributed by atoms with E-state index in [9.17, 15) is 0 Å². The van der Waals surface area contributed by atoms with Gasteiger partial charge in [-0.15, -0.1) is 0 Å². The number of piperidine rings is 1. The summed E-state index contributed by atoms with van der Waals surface area (Å²) in [5.74, 6) is 0. The molecule has 0 aromatic rings. The summed E-state index contributed by atoms with van der Waals surface area (Å²) in [5, 5.41) is 0. The van der Waals surface area contributed by atoms with Crippen LogP contribution in [0.3, 0.4) is 0 Å². The van der Waals surface area contributed by atoms with Gasteiger partial charge in [0.05, 0.1) is 26.2 Å². The van der Waals surface area contributed by atoms with E-state index in [1.165, 1.54) is 30.4 Å². The van der Waals surface area contributed by atoms with Crippen molar-refractivity contribution < 1.29 is 4.48 Å². The fraction of sp³-hybridized carbons (Fsp3) is 1.00. The lowest BCUT2D eigenvalue weighted by Gasteiger charge is -2.57. The Balaban J connectivity index is 2.12. The highest BCUT2D eigenvalue weighted by Crippen LogP contribution is 2.37. The predicted molar refractivity (Wildman–Crippen MR) is 28.9 cm³/mol. The zero-order chi connectivity index (χ0) is 4.91. The monoisotopic (exact) mass is 98.1 g/mol. The number of quaternary nitrogens is 1. The summed E-state index contributed by atoms with van der Waals surface area (Å²) in [5.41, 5.74) is 0. The Morgan fingerprint density at radius 2 is 1.71 bits per heavy atom. The van der Waals surface area contributed by atoms with E-state index >= 15 is 0 Å². The molecule has 1 nitrogen and oxygen atoms in total. The molecule has 0 aliphatic carbocycles. The van der Waals surface area contributed by atoms with Crippen LogP contribution < -0.4 is 0 Å². The highest BCUT2D eigenvalue weighted by Gasteiger charge is 2.50. The summed E-state index contributed by atoms with van der Waals surface area (Å²) < 4.78 is 1.42. The van der Waals surface area contributed by atoms with Gasteiger partial charge in [0, 0.05) is 12.8 Å². The first kappa shape index (κ1) is 3.90. The van der Waals surface area contributed by atoms with Crippen LogP contribution in [0.25, 0.3) is 0 Å². The van der Waals surface area contributed by atoms with Crippen molar-refractivity contribution in [1.82, 2.24) is 0 Å². The molecule has 2 heterocycles. The molecular formula is C6H12N+. The molecule has 2 aliphatic rings. The molecule has 0 bridgehead atoms. The first-order valence-electron chi connectivity index (χ1n) is 3.15. The van der Waals surface area contributed by atoms with Crippen molar-refractivity contribution in [1.29, 1.82) is 0 Å². The molecule has 0 radical (unpaired) electrons. The van der Waals surface area contributed by atoms with Crippen LogP contribution in [-0.4, -0.2) is 30.7 Å². The highest BCUT2D eigenvalue weighted by atomic mass is 15.4. The molecule has 2 saturated heterocycles. The molecule has 0 spiro atoms. The Morgan fingerprint density at radius 1 is 1.29 bits per heavy atom. The maximum atomic E-state index is 2.37. The minimum absolute atomic E-state index is 1.10. The maximum Gasteiger partial charge on any atom is 0.0997 e. The van der Waals surface area contributed by atoms with Crippen LogP contribution in [0.1, 0.15) is 12.8 Å². The normalized spacial score (nSPS) is 57.0. The van der Waals surface area contributed by atoms with Crippen molar-refractivity contribution >= 4 is 0 Å². The van der Waals surface area contributed by atoms with E-state index in [4.69, 9.17) is 0 Å². The van der Waals surface area contributed by atoms with Crippen molar-refractivity contribution in [3.05, 3.63) is 0 Å². The predicted octanol–water partition coefficient (Wildman–Crippen LogP) is 0.609. The number of hydrogen-bond donors (Lipinski definition) is 0. The molecule has 2 aliphatic heterocycles. The van der Waals surface area contributed by atoms with E-state index in [2.05, 4.69) is 7.05 Å². The van der Waals surface area contributed by atoms with Gasteiger partial charge in [0.1, 0.15) is 0 Å². The maximum absolute atomic E-state index is 2.37. The van der Waals surface area contributed by atoms with Crippen LogP contribution in [0.15, 0.2) is 0 Å². The van der Waals surface area contributed by atoms with Crippen LogP contribution in [0.5, 0.6) is 0 Å². The smallest absolute Gasteiger partial charge is 0.0997 e. The van der Waals surface area contributed by atoms with Gasteiger partial charge in [-0.3, -0.25) is 0 Å². The second kappa shape index (κ2) is 0.873. The topological polar surface area (TPSA) is 0 Å². The second-order valence-corrected chi connectivity index (χ2v) is 3.16. The van der Waals surface area contributed by atoms with Gasteiger partial charge >= 0.3 is 0 Å². The summed E-state index contributed by atoms with van der Waals surface area (Å²) in [6.07, 6.45) is 3.02. The first-order chi connectivity index (χ1) is 3.31. The van der Waals surface area contributed by atoms with Crippen LogP contribution in [0, 0.1) is 0 Å². The van der Waals surface area contributed by atoms with E-state index in [1.807, 2.05) is 0 Å². The molecule has 0 saturated carbocycles. The van der Waals surface area contributed by atoms with Gasteiger partial charge in [-0.25, -0.2) is 0 Å². The summed E-state index contributed by atoms with van der Waals surface area (Å²) in [4.78, 5) is 0. The second-order valence-electron chi connectivity index (χ2n) is 3.16. The van der Waals surface area contributed by atoms with Crippen LogP contribution >= 0.6 is 0 Å². The Labute approximate surface area is 44.5 Å². The van der Waals surface area contributed by atoms with Crippen LogP contribution in [-0.2, 0) is 0 Å². The molecule has 2 rings (SSSR count). The van der Waals surface area contributed by atoms with E-state index in [-0.39, 0.29) is 0 Å². The average Bonchev–Trinajstić information content (AvgIpc) is 1.67. The minimum atomic E-state index is 1.10. The first-order valence-corrected chi connectivity index (χ1v) is 3.15. The number of rotatable bonds is 0. The quantitative estimate of drug-likeness (QED) is 0.389.